The van der Waals surface area contributed by atoms with Gasteiger partial charge in [0, 0.05) is 23.6 Å². The fraction of sp³-hybridized carbons (Fsp3) is 0.345. The summed E-state index contributed by atoms with van der Waals surface area (Å²) < 4.78 is 30.4. The Balaban J connectivity index is 1.59. The Labute approximate surface area is 206 Å². The number of esters is 1. The summed E-state index contributed by atoms with van der Waals surface area (Å²) >= 11 is 0. The SMILES string of the molecule is COC(=O)c1cc([C@H]2C[C@@H](C(C)N[C@H](C)c3ccc(F)c(OC)c3)Oc3ccccc32)ccc1C. The van der Waals surface area contributed by atoms with E-state index in [1.54, 1.807) is 12.1 Å². The van der Waals surface area contributed by atoms with Crippen LogP contribution in [0.15, 0.2) is 60.7 Å². The van der Waals surface area contributed by atoms with E-state index < -0.39 is 0 Å². The van der Waals surface area contributed by atoms with Gasteiger partial charge in [-0.3, -0.25) is 0 Å². The Morgan fingerprint density at radius 2 is 1.86 bits per heavy atom. The lowest BCUT2D eigenvalue weighted by Gasteiger charge is -2.37. The van der Waals surface area contributed by atoms with E-state index in [0.29, 0.717) is 5.56 Å². The second-order valence-corrected chi connectivity index (χ2v) is 9.12. The van der Waals surface area contributed by atoms with Gasteiger partial charge in [0.1, 0.15) is 11.9 Å². The summed E-state index contributed by atoms with van der Waals surface area (Å²) in [5.41, 5.74) is 4.56. The first kappa shape index (κ1) is 24.7. The van der Waals surface area contributed by atoms with Crippen LogP contribution in [0.5, 0.6) is 11.5 Å². The minimum Gasteiger partial charge on any atom is -0.494 e. The normalized spacial score (nSPS) is 18.7. The molecule has 0 aliphatic carbocycles. The van der Waals surface area contributed by atoms with Crippen molar-refractivity contribution >= 4 is 5.97 Å². The number of hydrogen-bond acceptors (Lipinski definition) is 5. The molecule has 0 bridgehead atoms. The number of aryl methyl sites for hydroxylation is 1. The number of carbonyl (C=O) groups excluding carboxylic acids is 1. The number of rotatable bonds is 7. The number of fused-ring (bicyclic) bond motifs is 1. The largest absolute Gasteiger partial charge is 0.494 e. The van der Waals surface area contributed by atoms with Crippen molar-refractivity contribution in [2.24, 2.45) is 0 Å². The molecule has 3 aromatic rings. The molecule has 0 saturated heterocycles. The Morgan fingerprint density at radius 3 is 2.60 bits per heavy atom. The maximum Gasteiger partial charge on any atom is 0.338 e. The molecular formula is C29H32FNO4. The van der Waals surface area contributed by atoms with E-state index in [0.717, 1.165) is 34.4 Å². The molecule has 3 aromatic carbocycles. The summed E-state index contributed by atoms with van der Waals surface area (Å²) in [5, 5.41) is 3.61. The van der Waals surface area contributed by atoms with Crippen LogP contribution in [0.1, 0.15) is 64.8 Å². The topological polar surface area (TPSA) is 56.8 Å². The first-order chi connectivity index (χ1) is 16.8. The van der Waals surface area contributed by atoms with Gasteiger partial charge in [0.25, 0.3) is 0 Å². The molecule has 35 heavy (non-hydrogen) atoms. The van der Waals surface area contributed by atoms with E-state index in [2.05, 4.69) is 24.4 Å². The van der Waals surface area contributed by atoms with Gasteiger partial charge in [-0.1, -0.05) is 36.4 Å². The molecule has 0 spiro atoms. The second kappa shape index (κ2) is 10.5. The minimum absolute atomic E-state index is 0.00225. The molecular weight excluding hydrogens is 445 g/mol. The smallest absolute Gasteiger partial charge is 0.338 e. The van der Waals surface area contributed by atoms with E-state index in [-0.39, 0.29) is 41.6 Å². The first-order valence-electron chi connectivity index (χ1n) is 11.9. The Hall–Kier alpha value is -3.38. The Bertz CT molecular complexity index is 1210. The van der Waals surface area contributed by atoms with Crippen LogP contribution in [0, 0.1) is 12.7 Å². The molecule has 0 aromatic heterocycles. The zero-order valence-corrected chi connectivity index (χ0v) is 20.8. The molecule has 0 saturated carbocycles. The number of nitrogens with one attached hydrogen (secondary N) is 1. The maximum atomic E-state index is 13.9. The van der Waals surface area contributed by atoms with Crippen LogP contribution in [0.2, 0.25) is 0 Å². The van der Waals surface area contributed by atoms with Gasteiger partial charge >= 0.3 is 5.97 Å². The van der Waals surface area contributed by atoms with Crippen LogP contribution < -0.4 is 14.8 Å². The fourth-order valence-electron chi connectivity index (χ4n) is 4.80. The van der Waals surface area contributed by atoms with Gasteiger partial charge in [0.05, 0.1) is 19.8 Å². The standard InChI is InChI=1S/C29H32FNO4/c1-17-10-11-21(14-23(17)29(32)34-5)24-16-27(35-26-9-7-6-8-22(24)26)19(3)31-18(2)20-12-13-25(30)28(15-20)33-4/h6-15,18-19,24,27,31H,16H2,1-5H3/t18-,19?,24-,27+/m1/s1. The van der Waals surface area contributed by atoms with E-state index in [4.69, 9.17) is 14.2 Å². The third-order valence-corrected chi connectivity index (χ3v) is 6.86. The molecule has 5 nitrogen and oxygen atoms in total. The summed E-state index contributed by atoms with van der Waals surface area (Å²) in [5.74, 6) is 0.432. The first-order valence-corrected chi connectivity index (χ1v) is 11.9. The fourth-order valence-corrected chi connectivity index (χ4v) is 4.80. The molecule has 6 heteroatoms. The quantitative estimate of drug-likeness (QED) is 0.426. The van der Waals surface area contributed by atoms with E-state index >= 15 is 0 Å². The third-order valence-electron chi connectivity index (χ3n) is 6.86. The van der Waals surface area contributed by atoms with Crippen molar-refractivity contribution in [1.29, 1.82) is 0 Å². The summed E-state index contributed by atoms with van der Waals surface area (Å²) in [7, 11) is 2.87. The molecule has 184 valence electrons. The maximum absolute atomic E-state index is 13.9. The van der Waals surface area contributed by atoms with Crippen LogP contribution in [0.25, 0.3) is 0 Å². The average Bonchev–Trinajstić information content (AvgIpc) is 2.88. The lowest BCUT2D eigenvalue weighted by Crippen LogP contribution is -2.44. The number of benzene rings is 3. The average molecular weight is 478 g/mol. The zero-order chi connectivity index (χ0) is 25.1. The number of hydrogen-bond donors (Lipinski definition) is 1. The van der Waals surface area contributed by atoms with Gasteiger partial charge in [0.15, 0.2) is 11.6 Å². The highest BCUT2D eigenvalue weighted by Crippen LogP contribution is 2.41. The van der Waals surface area contributed by atoms with Crippen molar-refractivity contribution in [1.82, 2.24) is 5.32 Å². The summed E-state index contributed by atoms with van der Waals surface area (Å²) in [6, 6.07) is 18.9. The number of ether oxygens (including phenoxy) is 3. The third kappa shape index (κ3) is 5.17. The van der Waals surface area contributed by atoms with Crippen molar-refractivity contribution in [3.05, 3.63) is 94.3 Å². The van der Waals surface area contributed by atoms with Crippen molar-refractivity contribution in [3.63, 3.8) is 0 Å². The number of halogens is 1. The van der Waals surface area contributed by atoms with E-state index in [1.165, 1.54) is 20.3 Å². The molecule has 1 N–H and O–H groups in total. The highest BCUT2D eigenvalue weighted by molar-refractivity contribution is 5.91. The number of carbonyl (C=O) groups is 1. The highest BCUT2D eigenvalue weighted by Gasteiger charge is 2.33. The van der Waals surface area contributed by atoms with Crippen molar-refractivity contribution < 1.29 is 23.4 Å². The molecule has 4 rings (SSSR count). The Kier molecular flexibility index (Phi) is 7.41. The number of para-hydroxylation sites is 1. The van der Waals surface area contributed by atoms with Gasteiger partial charge < -0.3 is 19.5 Å². The zero-order valence-electron chi connectivity index (χ0n) is 20.8. The van der Waals surface area contributed by atoms with Gasteiger partial charge in [-0.05, 0) is 68.1 Å². The molecule has 0 amide bonds. The minimum atomic E-state index is -0.379. The number of methoxy groups -OCH3 is 2. The predicted molar refractivity (Wildman–Crippen MR) is 134 cm³/mol. The molecule has 1 aliphatic rings. The van der Waals surface area contributed by atoms with Gasteiger partial charge in [-0.2, -0.15) is 0 Å². The molecule has 1 aliphatic heterocycles. The van der Waals surface area contributed by atoms with E-state index in [9.17, 15) is 9.18 Å². The lowest BCUT2D eigenvalue weighted by molar-refractivity contribution is 0.0599. The van der Waals surface area contributed by atoms with Crippen LogP contribution in [0.4, 0.5) is 4.39 Å². The monoisotopic (exact) mass is 477 g/mol. The highest BCUT2D eigenvalue weighted by atomic mass is 19.1. The Morgan fingerprint density at radius 1 is 1.09 bits per heavy atom. The summed E-state index contributed by atoms with van der Waals surface area (Å²) in [6.45, 7) is 6.05. The molecule has 0 fully saturated rings. The van der Waals surface area contributed by atoms with Crippen molar-refractivity contribution in [3.8, 4) is 11.5 Å². The van der Waals surface area contributed by atoms with E-state index in [1.807, 2.05) is 44.2 Å². The van der Waals surface area contributed by atoms with Crippen LogP contribution in [0.3, 0.4) is 0 Å². The van der Waals surface area contributed by atoms with Crippen LogP contribution in [-0.2, 0) is 4.74 Å². The molecule has 0 radical (unpaired) electrons. The van der Waals surface area contributed by atoms with Crippen molar-refractivity contribution in [2.45, 2.75) is 51.3 Å². The van der Waals surface area contributed by atoms with Gasteiger partial charge in [-0.25, -0.2) is 9.18 Å². The molecule has 4 atom stereocenters. The van der Waals surface area contributed by atoms with Gasteiger partial charge in [-0.15, -0.1) is 0 Å². The second-order valence-electron chi connectivity index (χ2n) is 9.12. The van der Waals surface area contributed by atoms with Crippen molar-refractivity contribution in [2.75, 3.05) is 14.2 Å². The predicted octanol–water partition coefficient (Wildman–Crippen LogP) is 5.95. The summed E-state index contributed by atoms with van der Waals surface area (Å²) in [6.07, 6.45) is 0.636. The van der Waals surface area contributed by atoms with Gasteiger partial charge in [0.2, 0.25) is 0 Å². The molecule has 1 unspecified atom stereocenters. The lowest BCUT2D eigenvalue weighted by atomic mass is 9.81. The van der Waals surface area contributed by atoms with Crippen LogP contribution >= 0.6 is 0 Å². The summed E-state index contributed by atoms with van der Waals surface area (Å²) in [4.78, 5) is 12.3. The van der Waals surface area contributed by atoms with Crippen LogP contribution in [-0.4, -0.2) is 32.3 Å². The molecule has 1 heterocycles.